The van der Waals surface area contributed by atoms with E-state index in [9.17, 15) is 0 Å². The zero-order valence-corrected chi connectivity index (χ0v) is 13.9. The van der Waals surface area contributed by atoms with Gasteiger partial charge in [0.2, 0.25) is 0 Å². The Morgan fingerprint density at radius 3 is 2.30 bits per heavy atom. The lowest BCUT2D eigenvalue weighted by Crippen LogP contribution is -2.11. The highest BCUT2D eigenvalue weighted by Crippen LogP contribution is 2.22. The topological polar surface area (TPSA) is 12.4 Å². The number of rotatable bonds is 5. The van der Waals surface area contributed by atoms with Crippen molar-refractivity contribution in [1.82, 2.24) is 0 Å². The van der Waals surface area contributed by atoms with Crippen molar-refractivity contribution in [1.29, 1.82) is 0 Å². The first-order chi connectivity index (χ1) is 9.32. The van der Waals surface area contributed by atoms with E-state index in [1.807, 2.05) is 13.0 Å². The molecule has 0 fully saturated rings. The SMILES string of the molecule is C/C=C\C(C)=NCC(C)Cc1ccc(C(C)(C)C)cc1. The van der Waals surface area contributed by atoms with Crippen LogP contribution in [0.4, 0.5) is 0 Å². The zero-order chi connectivity index (χ0) is 15.2. The maximum Gasteiger partial charge on any atom is 0.0421 e. The summed E-state index contributed by atoms with van der Waals surface area (Å²) in [4.78, 5) is 4.60. The molecule has 110 valence electrons. The normalized spacial score (nSPS) is 14.8. The van der Waals surface area contributed by atoms with Crippen molar-refractivity contribution in [3.63, 3.8) is 0 Å². The fourth-order valence-corrected chi connectivity index (χ4v) is 2.20. The predicted molar refractivity (Wildman–Crippen MR) is 90.8 cm³/mol. The van der Waals surface area contributed by atoms with Crippen molar-refractivity contribution >= 4 is 5.71 Å². The average molecular weight is 271 g/mol. The molecule has 1 aromatic rings. The lowest BCUT2D eigenvalue weighted by Gasteiger charge is -2.19. The highest BCUT2D eigenvalue weighted by molar-refractivity contribution is 5.92. The van der Waals surface area contributed by atoms with Crippen molar-refractivity contribution in [3.8, 4) is 0 Å². The first kappa shape index (κ1) is 16.7. The van der Waals surface area contributed by atoms with Crippen molar-refractivity contribution < 1.29 is 0 Å². The molecule has 0 aliphatic heterocycles. The first-order valence-electron chi connectivity index (χ1n) is 7.56. The summed E-state index contributed by atoms with van der Waals surface area (Å²) in [7, 11) is 0. The number of hydrogen-bond acceptors (Lipinski definition) is 1. The van der Waals surface area contributed by atoms with Gasteiger partial charge in [0, 0.05) is 12.3 Å². The van der Waals surface area contributed by atoms with Crippen LogP contribution in [0, 0.1) is 5.92 Å². The molecule has 0 radical (unpaired) electrons. The van der Waals surface area contributed by atoms with Gasteiger partial charge in [-0.2, -0.15) is 0 Å². The Balaban J connectivity index is 2.58. The molecule has 1 aromatic carbocycles. The van der Waals surface area contributed by atoms with Crippen LogP contribution in [0.2, 0.25) is 0 Å². The Labute approximate surface area is 124 Å². The largest absolute Gasteiger partial charge is 0.290 e. The van der Waals surface area contributed by atoms with E-state index in [2.05, 4.69) is 70.0 Å². The number of nitrogens with zero attached hydrogens (tertiary/aromatic N) is 1. The van der Waals surface area contributed by atoms with E-state index in [-0.39, 0.29) is 5.41 Å². The Morgan fingerprint density at radius 2 is 1.80 bits per heavy atom. The van der Waals surface area contributed by atoms with E-state index >= 15 is 0 Å². The van der Waals surface area contributed by atoms with Crippen molar-refractivity contribution in [3.05, 3.63) is 47.5 Å². The summed E-state index contributed by atoms with van der Waals surface area (Å²) in [5.41, 5.74) is 4.15. The van der Waals surface area contributed by atoms with E-state index in [1.54, 1.807) is 0 Å². The van der Waals surface area contributed by atoms with Gasteiger partial charge in [-0.15, -0.1) is 0 Å². The van der Waals surface area contributed by atoms with Gasteiger partial charge >= 0.3 is 0 Å². The Morgan fingerprint density at radius 1 is 1.20 bits per heavy atom. The third-order valence-corrected chi connectivity index (χ3v) is 3.46. The summed E-state index contributed by atoms with van der Waals surface area (Å²) >= 11 is 0. The molecule has 0 aromatic heterocycles. The van der Waals surface area contributed by atoms with E-state index in [1.165, 1.54) is 11.1 Å². The van der Waals surface area contributed by atoms with E-state index in [0.717, 1.165) is 18.7 Å². The molecule has 0 saturated heterocycles. The molecular weight excluding hydrogens is 242 g/mol. The molecule has 0 saturated carbocycles. The lowest BCUT2D eigenvalue weighted by molar-refractivity contribution is 0.584. The van der Waals surface area contributed by atoms with Crippen molar-refractivity contribution in [2.24, 2.45) is 10.9 Å². The van der Waals surface area contributed by atoms with Gasteiger partial charge in [0.15, 0.2) is 0 Å². The minimum atomic E-state index is 0.234. The average Bonchev–Trinajstić information content (AvgIpc) is 2.36. The molecule has 0 spiro atoms. The van der Waals surface area contributed by atoms with Crippen LogP contribution in [0.5, 0.6) is 0 Å². The van der Waals surface area contributed by atoms with Crippen LogP contribution < -0.4 is 0 Å². The Hall–Kier alpha value is -1.37. The van der Waals surface area contributed by atoms with Crippen molar-refractivity contribution in [2.75, 3.05) is 6.54 Å². The molecule has 0 aliphatic rings. The molecule has 0 amide bonds. The van der Waals surface area contributed by atoms with Gasteiger partial charge in [-0.3, -0.25) is 4.99 Å². The summed E-state index contributed by atoms with van der Waals surface area (Å²) in [5.74, 6) is 0.579. The summed E-state index contributed by atoms with van der Waals surface area (Å²) < 4.78 is 0. The standard InChI is InChI=1S/C19H29N/c1-7-8-16(3)20-14-15(2)13-17-9-11-18(12-10-17)19(4,5)6/h7-12,15H,13-14H2,1-6H3/b8-7-,20-16?. The molecule has 0 bridgehead atoms. The molecule has 1 atom stereocenters. The smallest absolute Gasteiger partial charge is 0.0421 e. The van der Waals surface area contributed by atoms with Crippen LogP contribution in [0.25, 0.3) is 0 Å². The van der Waals surface area contributed by atoms with Crippen molar-refractivity contribution in [2.45, 2.75) is 53.4 Å². The van der Waals surface area contributed by atoms with Crippen LogP contribution in [-0.4, -0.2) is 12.3 Å². The maximum absolute atomic E-state index is 4.60. The molecule has 0 aliphatic carbocycles. The Kier molecular flexibility index (Phi) is 6.19. The van der Waals surface area contributed by atoms with Gasteiger partial charge in [-0.1, -0.05) is 58.0 Å². The summed E-state index contributed by atoms with van der Waals surface area (Å²) in [5, 5.41) is 0. The molecule has 0 heterocycles. The second-order valence-electron chi connectivity index (χ2n) is 6.74. The molecular formula is C19H29N. The van der Waals surface area contributed by atoms with Crippen LogP contribution in [-0.2, 0) is 11.8 Å². The predicted octanol–water partition coefficient (Wildman–Crippen LogP) is 5.20. The van der Waals surface area contributed by atoms with E-state index in [0.29, 0.717) is 5.92 Å². The van der Waals surface area contributed by atoms with Gasteiger partial charge in [-0.25, -0.2) is 0 Å². The quantitative estimate of drug-likeness (QED) is 0.653. The van der Waals surface area contributed by atoms with E-state index in [4.69, 9.17) is 0 Å². The van der Waals surface area contributed by atoms with E-state index < -0.39 is 0 Å². The number of aliphatic imine (C=N–C) groups is 1. The van der Waals surface area contributed by atoms with Gasteiger partial charge in [0.25, 0.3) is 0 Å². The molecule has 20 heavy (non-hydrogen) atoms. The second kappa shape index (κ2) is 7.42. The summed E-state index contributed by atoms with van der Waals surface area (Å²) in [6.07, 6.45) is 5.19. The molecule has 1 heteroatoms. The third-order valence-electron chi connectivity index (χ3n) is 3.46. The zero-order valence-electron chi connectivity index (χ0n) is 13.9. The van der Waals surface area contributed by atoms with Gasteiger partial charge in [0.05, 0.1) is 0 Å². The minimum absolute atomic E-state index is 0.234. The van der Waals surface area contributed by atoms with Gasteiger partial charge in [-0.05, 0) is 48.8 Å². The number of allylic oxidation sites excluding steroid dienone is 2. The van der Waals surface area contributed by atoms with Crippen LogP contribution in [0.15, 0.2) is 41.4 Å². The number of benzene rings is 1. The third kappa shape index (κ3) is 5.73. The molecule has 0 N–H and O–H groups in total. The highest BCUT2D eigenvalue weighted by Gasteiger charge is 2.13. The number of hydrogen-bond donors (Lipinski definition) is 0. The maximum atomic E-state index is 4.60. The summed E-state index contributed by atoms with van der Waals surface area (Å²) in [6.45, 7) is 14.0. The van der Waals surface area contributed by atoms with Crippen LogP contribution >= 0.6 is 0 Å². The van der Waals surface area contributed by atoms with Gasteiger partial charge in [0.1, 0.15) is 0 Å². The second-order valence-corrected chi connectivity index (χ2v) is 6.74. The first-order valence-corrected chi connectivity index (χ1v) is 7.56. The summed E-state index contributed by atoms with van der Waals surface area (Å²) in [6, 6.07) is 9.05. The lowest BCUT2D eigenvalue weighted by atomic mass is 9.86. The highest BCUT2D eigenvalue weighted by atomic mass is 14.7. The Bertz CT molecular complexity index is 458. The molecule has 1 rings (SSSR count). The minimum Gasteiger partial charge on any atom is -0.290 e. The molecule has 1 nitrogen and oxygen atoms in total. The van der Waals surface area contributed by atoms with Crippen LogP contribution in [0.1, 0.15) is 52.7 Å². The fourth-order valence-electron chi connectivity index (χ4n) is 2.20. The molecule has 1 unspecified atom stereocenters. The van der Waals surface area contributed by atoms with Gasteiger partial charge < -0.3 is 0 Å². The fraction of sp³-hybridized carbons (Fsp3) is 0.526. The monoisotopic (exact) mass is 271 g/mol. The van der Waals surface area contributed by atoms with Crippen LogP contribution in [0.3, 0.4) is 0 Å².